The first-order valence-corrected chi connectivity index (χ1v) is 5.46. The monoisotopic (exact) mass is 233 g/mol. The van der Waals surface area contributed by atoms with Crippen molar-refractivity contribution in [1.82, 2.24) is 0 Å². The highest BCUT2D eigenvalue weighted by atomic mass is 32.2. The molecule has 84 valence electrons. The van der Waals surface area contributed by atoms with Crippen molar-refractivity contribution in [2.45, 2.75) is 17.9 Å². The molecule has 0 spiro atoms. The average Bonchev–Trinajstić information content (AvgIpc) is 2.06. The molecule has 7 heteroatoms. The summed E-state index contributed by atoms with van der Waals surface area (Å²) in [6.07, 6.45) is 0. The van der Waals surface area contributed by atoms with E-state index < -0.39 is 32.6 Å². The minimum absolute atomic E-state index is 0.0441. The Bertz CT molecular complexity index is 480. The lowest BCUT2D eigenvalue weighted by Crippen LogP contribution is -2.07. The van der Waals surface area contributed by atoms with E-state index in [1.807, 2.05) is 0 Å². The topological polar surface area (TPSA) is 121 Å². The summed E-state index contributed by atoms with van der Waals surface area (Å²) in [7, 11) is -4.42. The summed E-state index contributed by atoms with van der Waals surface area (Å²) >= 11 is 0. The Morgan fingerprint density at radius 2 is 1.87 bits per heavy atom. The van der Waals surface area contributed by atoms with E-state index in [0.717, 1.165) is 12.1 Å². The molecule has 0 radical (unpaired) electrons. The van der Waals surface area contributed by atoms with Crippen molar-refractivity contribution in [3.05, 3.63) is 17.7 Å². The molecule has 0 saturated carbocycles. The van der Waals surface area contributed by atoms with E-state index in [1.165, 1.54) is 6.92 Å². The van der Waals surface area contributed by atoms with Crippen molar-refractivity contribution >= 4 is 10.1 Å². The summed E-state index contributed by atoms with van der Waals surface area (Å²) in [5, 5.41) is 18.6. The minimum Gasteiger partial charge on any atom is -0.504 e. The zero-order valence-corrected chi connectivity index (χ0v) is 8.69. The first kappa shape index (κ1) is 11.8. The average molecular weight is 233 g/mol. The molecule has 1 aromatic rings. The van der Waals surface area contributed by atoms with Crippen LogP contribution >= 0.6 is 0 Å². The molecule has 0 bridgehead atoms. The van der Waals surface area contributed by atoms with Crippen molar-refractivity contribution in [2.24, 2.45) is 5.73 Å². The summed E-state index contributed by atoms with van der Waals surface area (Å²) in [5.41, 5.74) is 5.49. The van der Waals surface area contributed by atoms with Crippen molar-refractivity contribution < 1.29 is 23.2 Å². The first-order chi connectivity index (χ1) is 6.73. The summed E-state index contributed by atoms with van der Waals surface area (Å²) in [4.78, 5) is -0.509. The molecule has 0 saturated heterocycles. The molecule has 5 N–H and O–H groups in total. The van der Waals surface area contributed by atoms with Crippen molar-refractivity contribution in [3.63, 3.8) is 0 Å². The lowest BCUT2D eigenvalue weighted by atomic mass is 10.1. The highest BCUT2D eigenvalue weighted by Gasteiger charge is 2.18. The third kappa shape index (κ3) is 2.38. The Morgan fingerprint density at radius 1 is 1.33 bits per heavy atom. The predicted octanol–water partition coefficient (Wildman–Crippen LogP) is 0.364. The molecule has 15 heavy (non-hydrogen) atoms. The maximum absolute atomic E-state index is 10.8. The maximum Gasteiger partial charge on any atom is 0.294 e. The van der Waals surface area contributed by atoms with Crippen molar-refractivity contribution in [3.8, 4) is 11.5 Å². The van der Waals surface area contributed by atoms with Gasteiger partial charge < -0.3 is 15.9 Å². The van der Waals surface area contributed by atoms with Gasteiger partial charge in [0.15, 0.2) is 11.5 Å². The summed E-state index contributed by atoms with van der Waals surface area (Å²) in [6, 6.07) is 1.09. The van der Waals surface area contributed by atoms with Crippen LogP contribution < -0.4 is 5.73 Å². The van der Waals surface area contributed by atoms with Gasteiger partial charge in [0.1, 0.15) is 0 Å². The van der Waals surface area contributed by atoms with Gasteiger partial charge in [0, 0.05) is 17.7 Å². The fourth-order valence-electron chi connectivity index (χ4n) is 1.11. The highest BCUT2D eigenvalue weighted by Crippen LogP contribution is 2.34. The van der Waals surface area contributed by atoms with E-state index in [-0.39, 0.29) is 5.56 Å². The van der Waals surface area contributed by atoms with Crippen LogP contribution in [0.4, 0.5) is 0 Å². The number of benzene rings is 1. The van der Waals surface area contributed by atoms with Crippen LogP contribution in [-0.4, -0.2) is 23.2 Å². The normalized spacial score (nSPS) is 13.8. The third-order valence-electron chi connectivity index (χ3n) is 1.88. The summed E-state index contributed by atoms with van der Waals surface area (Å²) < 4.78 is 30.3. The second-order valence-electron chi connectivity index (χ2n) is 3.14. The molecule has 0 aromatic heterocycles. The number of rotatable bonds is 2. The van der Waals surface area contributed by atoms with E-state index >= 15 is 0 Å². The van der Waals surface area contributed by atoms with Gasteiger partial charge in [0.2, 0.25) is 0 Å². The highest BCUT2D eigenvalue weighted by molar-refractivity contribution is 7.85. The van der Waals surface area contributed by atoms with Gasteiger partial charge >= 0.3 is 0 Å². The van der Waals surface area contributed by atoms with Crippen molar-refractivity contribution in [1.29, 1.82) is 0 Å². The van der Waals surface area contributed by atoms with Gasteiger partial charge in [-0.3, -0.25) is 4.55 Å². The molecule has 1 atom stereocenters. The second-order valence-corrected chi connectivity index (χ2v) is 4.57. The zero-order valence-electron chi connectivity index (χ0n) is 7.88. The van der Waals surface area contributed by atoms with Crippen molar-refractivity contribution in [2.75, 3.05) is 0 Å². The molecule has 1 rings (SSSR count). The minimum atomic E-state index is -4.42. The van der Waals surface area contributed by atoms with Gasteiger partial charge in [-0.25, -0.2) is 0 Å². The SMILES string of the molecule is CC(N)c1cc(S(=O)(=O)O)cc(O)c1O. The van der Waals surface area contributed by atoms with Crippen LogP contribution in [0.25, 0.3) is 0 Å². The molecule has 1 unspecified atom stereocenters. The van der Waals surface area contributed by atoms with Gasteiger partial charge in [0.25, 0.3) is 10.1 Å². The molecule has 0 fully saturated rings. The van der Waals surface area contributed by atoms with Crippen LogP contribution in [0.1, 0.15) is 18.5 Å². The molecular weight excluding hydrogens is 222 g/mol. The van der Waals surface area contributed by atoms with Crippen LogP contribution in [-0.2, 0) is 10.1 Å². The third-order valence-corrected chi connectivity index (χ3v) is 2.71. The Hall–Kier alpha value is -1.31. The van der Waals surface area contributed by atoms with E-state index in [0.29, 0.717) is 0 Å². The van der Waals surface area contributed by atoms with Crippen LogP contribution in [0.5, 0.6) is 11.5 Å². The lowest BCUT2D eigenvalue weighted by molar-refractivity contribution is 0.394. The van der Waals surface area contributed by atoms with Crippen LogP contribution in [0.15, 0.2) is 17.0 Å². The Kier molecular flexibility index (Phi) is 2.89. The molecule has 0 amide bonds. The summed E-state index contributed by atoms with van der Waals surface area (Å²) in [5.74, 6) is -1.13. The number of hydrogen-bond donors (Lipinski definition) is 4. The zero-order chi connectivity index (χ0) is 11.8. The van der Waals surface area contributed by atoms with E-state index in [9.17, 15) is 18.6 Å². The Labute approximate surface area is 86.7 Å². The maximum atomic E-state index is 10.8. The van der Waals surface area contributed by atoms with Crippen LogP contribution in [0, 0.1) is 0 Å². The number of phenols is 2. The Morgan fingerprint density at radius 3 is 2.27 bits per heavy atom. The van der Waals surface area contributed by atoms with Gasteiger partial charge in [-0.15, -0.1) is 0 Å². The Balaban J connectivity index is 3.50. The number of aromatic hydroxyl groups is 2. The fourth-order valence-corrected chi connectivity index (χ4v) is 1.65. The lowest BCUT2D eigenvalue weighted by Gasteiger charge is -2.11. The predicted molar refractivity (Wildman–Crippen MR) is 52.2 cm³/mol. The summed E-state index contributed by atoms with van der Waals surface area (Å²) in [6.45, 7) is 1.50. The molecule has 0 aliphatic carbocycles. The standard InChI is InChI=1S/C8H11NO5S/c1-4(9)6-2-5(15(12,13)14)3-7(10)8(6)11/h2-4,10-11H,9H2,1H3,(H,12,13,14). The smallest absolute Gasteiger partial charge is 0.294 e. The van der Waals surface area contributed by atoms with Gasteiger partial charge in [-0.2, -0.15) is 8.42 Å². The molecule has 0 aliphatic rings. The second kappa shape index (κ2) is 3.69. The van der Waals surface area contributed by atoms with E-state index in [4.69, 9.17) is 10.3 Å². The van der Waals surface area contributed by atoms with E-state index in [2.05, 4.69) is 0 Å². The van der Waals surface area contributed by atoms with Gasteiger partial charge in [0.05, 0.1) is 4.90 Å². The van der Waals surface area contributed by atoms with Crippen LogP contribution in [0.2, 0.25) is 0 Å². The van der Waals surface area contributed by atoms with Crippen LogP contribution in [0.3, 0.4) is 0 Å². The quantitative estimate of drug-likeness (QED) is 0.432. The molecule has 0 aliphatic heterocycles. The molecule has 6 nitrogen and oxygen atoms in total. The molecular formula is C8H11NO5S. The first-order valence-electron chi connectivity index (χ1n) is 4.02. The fraction of sp³-hybridized carbons (Fsp3) is 0.250. The van der Waals surface area contributed by atoms with E-state index in [1.54, 1.807) is 0 Å². The number of nitrogens with two attached hydrogens (primary N) is 1. The number of phenolic OH excluding ortho intramolecular Hbond substituents is 2. The van der Waals surface area contributed by atoms with Gasteiger partial charge in [-0.1, -0.05) is 0 Å². The number of hydrogen-bond acceptors (Lipinski definition) is 5. The molecule has 0 heterocycles. The largest absolute Gasteiger partial charge is 0.504 e. The van der Waals surface area contributed by atoms with Gasteiger partial charge in [-0.05, 0) is 13.0 Å². The molecule has 1 aromatic carbocycles.